The fraction of sp³-hybridized carbons (Fsp3) is 0.679. The molecule has 0 bridgehead atoms. The van der Waals surface area contributed by atoms with Gasteiger partial charge in [0, 0.05) is 0 Å². The summed E-state index contributed by atoms with van der Waals surface area (Å²) in [5, 5.41) is 8.90. The Bertz CT molecular complexity index is 700. The molecule has 0 heterocycles. The number of nitrogens with zero attached hydrogens (tertiary/aromatic N) is 1. The number of nitriles is 1. The number of allylic oxidation sites excluding steroid dienone is 2. The van der Waals surface area contributed by atoms with E-state index in [9.17, 15) is 4.39 Å². The molecule has 1 aromatic rings. The van der Waals surface area contributed by atoms with Crippen molar-refractivity contribution in [2.24, 2.45) is 17.8 Å². The lowest BCUT2D eigenvalue weighted by atomic mass is 9.76. The van der Waals surface area contributed by atoms with E-state index in [4.69, 9.17) is 5.26 Å². The highest BCUT2D eigenvalue weighted by Crippen LogP contribution is 2.38. The van der Waals surface area contributed by atoms with E-state index >= 15 is 0 Å². The van der Waals surface area contributed by atoms with Gasteiger partial charge in [0.2, 0.25) is 0 Å². The van der Waals surface area contributed by atoms with Crippen molar-refractivity contribution in [1.82, 2.24) is 0 Å². The van der Waals surface area contributed by atoms with E-state index in [1.165, 1.54) is 77.0 Å². The monoisotopic (exact) mass is 409 g/mol. The van der Waals surface area contributed by atoms with Crippen molar-refractivity contribution in [1.29, 1.82) is 5.26 Å². The van der Waals surface area contributed by atoms with Gasteiger partial charge in [0.05, 0.1) is 5.56 Å². The van der Waals surface area contributed by atoms with E-state index in [1.807, 2.05) is 12.1 Å². The van der Waals surface area contributed by atoms with Crippen molar-refractivity contribution in [3.8, 4) is 6.07 Å². The van der Waals surface area contributed by atoms with Crippen LogP contribution < -0.4 is 0 Å². The molecule has 30 heavy (non-hydrogen) atoms. The van der Waals surface area contributed by atoms with Crippen LogP contribution in [0, 0.1) is 34.9 Å². The molecular weight excluding hydrogens is 369 g/mol. The Morgan fingerprint density at radius 2 is 1.53 bits per heavy atom. The highest BCUT2D eigenvalue weighted by molar-refractivity contribution is 5.35. The van der Waals surface area contributed by atoms with Gasteiger partial charge < -0.3 is 0 Å². The molecule has 0 saturated heterocycles. The number of rotatable bonds is 9. The van der Waals surface area contributed by atoms with E-state index in [2.05, 4.69) is 19.1 Å². The van der Waals surface area contributed by atoms with Crippen molar-refractivity contribution in [3.05, 3.63) is 47.3 Å². The molecule has 2 aliphatic carbocycles. The molecule has 1 aromatic carbocycles. The maximum atomic E-state index is 13.9. The minimum Gasteiger partial charge on any atom is -0.206 e. The fourth-order valence-electron chi connectivity index (χ4n) is 5.54. The van der Waals surface area contributed by atoms with Crippen molar-refractivity contribution in [2.75, 3.05) is 0 Å². The maximum Gasteiger partial charge on any atom is 0.141 e. The second-order valence-corrected chi connectivity index (χ2v) is 9.83. The largest absolute Gasteiger partial charge is 0.206 e. The van der Waals surface area contributed by atoms with E-state index in [-0.39, 0.29) is 11.4 Å². The first-order chi connectivity index (χ1) is 14.7. The van der Waals surface area contributed by atoms with Gasteiger partial charge in [0.15, 0.2) is 0 Å². The van der Waals surface area contributed by atoms with E-state index in [1.54, 1.807) is 12.1 Å². The molecule has 2 saturated carbocycles. The Kier molecular flexibility index (Phi) is 9.44. The van der Waals surface area contributed by atoms with Gasteiger partial charge in [-0.3, -0.25) is 0 Å². The van der Waals surface area contributed by atoms with E-state index in [0.29, 0.717) is 11.8 Å². The lowest BCUT2D eigenvalue weighted by molar-refractivity contribution is 0.287. The second kappa shape index (κ2) is 12.3. The van der Waals surface area contributed by atoms with Gasteiger partial charge in [-0.15, -0.1) is 0 Å². The Balaban J connectivity index is 1.34. The summed E-state index contributed by atoms with van der Waals surface area (Å²) in [5.74, 6) is 2.56. The Labute approximate surface area is 183 Å². The molecule has 1 nitrogen and oxygen atoms in total. The third-order valence-electron chi connectivity index (χ3n) is 7.62. The zero-order valence-electron chi connectivity index (χ0n) is 18.9. The van der Waals surface area contributed by atoms with Crippen LogP contribution in [0.3, 0.4) is 0 Å². The Hall–Kier alpha value is -1.62. The average molecular weight is 410 g/mol. The highest BCUT2D eigenvalue weighted by Gasteiger charge is 2.23. The van der Waals surface area contributed by atoms with Crippen LogP contribution in [0.5, 0.6) is 0 Å². The number of hydrogen-bond donors (Lipinski definition) is 0. The van der Waals surface area contributed by atoms with Gasteiger partial charge in [-0.1, -0.05) is 63.7 Å². The summed E-state index contributed by atoms with van der Waals surface area (Å²) >= 11 is 0. The van der Waals surface area contributed by atoms with Crippen LogP contribution in [-0.4, -0.2) is 0 Å². The molecule has 164 valence electrons. The lowest BCUT2D eigenvalue weighted by Gasteiger charge is -2.29. The first kappa shape index (κ1) is 23.1. The Morgan fingerprint density at radius 3 is 2.13 bits per heavy atom. The predicted octanol–water partition coefficient (Wildman–Crippen LogP) is 8.69. The van der Waals surface area contributed by atoms with Gasteiger partial charge in [-0.2, -0.15) is 5.26 Å². The first-order valence-electron chi connectivity index (χ1n) is 12.6. The quantitative estimate of drug-likeness (QED) is 0.295. The van der Waals surface area contributed by atoms with Gasteiger partial charge >= 0.3 is 0 Å². The zero-order chi connectivity index (χ0) is 21.2. The third kappa shape index (κ3) is 6.97. The molecule has 0 N–H and O–H groups in total. The molecule has 0 aromatic heterocycles. The van der Waals surface area contributed by atoms with Crippen LogP contribution in [0.2, 0.25) is 0 Å². The molecule has 0 atom stereocenters. The summed E-state index contributed by atoms with van der Waals surface area (Å²) < 4.78 is 13.9. The van der Waals surface area contributed by atoms with Crippen LogP contribution in [-0.2, 0) is 0 Å². The van der Waals surface area contributed by atoms with Crippen LogP contribution in [0.4, 0.5) is 4.39 Å². The maximum absolute atomic E-state index is 13.9. The summed E-state index contributed by atoms with van der Waals surface area (Å²) in [4.78, 5) is 0. The van der Waals surface area contributed by atoms with Crippen molar-refractivity contribution in [2.45, 2.75) is 103 Å². The normalized spacial score (nSPS) is 27.2. The molecule has 0 spiro atoms. The van der Waals surface area contributed by atoms with E-state index in [0.717, 1.165) is 30.2 Å². The van der Waals surface area contributed by atoms with Gasteiger partial charge in [0.25, 0.3) is 0 Å². The SMILES string of the molecule is CCCCCCC[C@H]1CC[C@H](/C=C/[C@H]2CC[C@H](c3ccc(C#N)c(F)c3)CC2)CC1. The molecule has 2 heteroatoms. The number of benzene rings is 1. The summed E-state index contributed by atoms with van der Waals surface area (Å²) in [6.45, 7) is 2.29. The standard InChI is InChI=1S/C28H40FN/c1-2-3-4-5-6-7-22-8-10-23(11-9-22)12-13-24-14-16-25(17-15-24)26-18-19-27(21-30)28(29)20-26/h12-13,18-20,22-25H,2-11,14-17H2,1H3/b13-12+/t22-,23-,24-,25-. The van der Waals surface area contributed by atoms with Crippen LogP contribution in [0.25, 0.3) is 0 Å². The summed E-state index contributed by atoms with van der Waals surface area (Å²) in [7, 11) is 0. The molecule has 3 rings (SSSR count). The average Bonchev–Trinajstić information content (AvgIpc) is 2.78. The van der Waals surface area contributed by atoms with Crippen LogP contribution >= 0.6 is 0 Å². The topological polar surface area (TPSA) is 23.8 Å². The smallest absolute Gasteiger partial charge is 0.141 e. The summed E-state index contributed by atoms with van der Waals surface area (Å²) in [6.07, 6.45) is 23.8. The van der Waals surface area contributed by atoms with E-state index < -0.39 is 0 Å². The molecule has 0 amide bonds. The minimum absolute atomic E-state index is 0.154. The number of hydrogen-bond acceptors (Lipinski definition) is 1. The van der Waals surface area contributed by atoms with Gasteiger partial charge in [0.1, 0.15) is 11.9 Å². The van der Waals surface area contributed by atoms with Crippen molar-refractivity contribution < 1.29 is 4.39 Å². The Morgan fingerprint density at radius 1 is 0.900 bits per heavy atom. The minimum atomic E-state index is -0.367. The fourth-order valence-corrected chi connectivity index (χ4v) is 5.54. The summed E-state index contributed by atoms with van der Waals surface area (Å²) in [6, 6.07) is 7.09. The van der Waals surface area contributed by atoms with Gasteiger partial charge in [-0.05, 0) is 92.7 Å². The van der Waals surface area contributed by atoms with Crippen molar-refractivity contribution in [3.63, 3.8) is 0 Å². The van der Waals surface area contributed by atoms with Gasteiger partial charge in [-0.25, -0.2) is 4.39 Å². The lowest BCUT2D eigenvalue weighted by Crippen LogP contribution is -2.15. The molecule has 0 radical (unpaired) electrons. The highest BCUT2D eigenvalue weighted by atomic mass is 19.1. The first-order valence-corrected chi connectivity index (χ1v) is 12.6. The molecule has 0 aliphatic heterocycles. The van der Waals surface area contributed by atoms with Crippen LogP contribution in [0.1, 0.15) is 114 Å². The predicted molar refractivity (Wildman–Crippen MR) is 124 cm³/mol. The molecule has 2 aliphatic rings. The molecule has 2 fully saturated rings. The molecule has 0 unspecified atom stereocenters. The van der Waals surface area contributed by atoms with Crippen molar-refractivity contribution >= 4 is 0 Å². The third-order valence-corrected chi connectivity index (χ3v) is 7.62. The molecular formula is C28H40FN. The second-order valence-electron chi connectivity index (χ2n) is 9.83. The van der Waals surface area contributed by atoms with Crippen LogP contribution in [0.15, 0.2) is 30.4 Å². The zero-order valence-corrected chi connectivity index (χ0v) is 18.9. The number of halogens is 1. The summed E-state index contributed by atoms with van der Waals surface area (Å²) in [5.41, 5.74) is 1.23. The number of unbranched alkanes of at least 4 members (excludes halogenated alkanes) is 4.